The van der Waals surface area contributed by atoms with Crippen molar-refractivity contribution in [1.29, 1.82) is 0 Å². The average molecular weight is 341 g/mol. The molecule has 1 aromatic carbocycles. The van der Waals surface area contributed by atoms with Gasteiger partial charge in [-0.25, -0.2) is 4.98 Å². The van der Waals surface area contributed by atoms with Gasteiger partial charge in [0.1, 0.15) is 0 Å². The van der Waals surface area contributed by atoms with E-state index < -0.39 is 0 Å². The summed E-state index contributed by atoms with van der Waals surface area (Å²) in [4.78, 5) is 4.82. The van der Waals surface area contributed by atoms with Gasteiger partial charge in [-0.15, -0.1) is 11.3 Å². The van der Waals surface area contributed by atoms with Crippen molar-refractivity contribution in [2.45, 2.75) is 76.2 Å². The molecule has 0 atom stereocenters. The first-order valence-electron chi connectivity index (χ1n) is 9.71. The summed E-state index contributed by atoms with van der Waals surface area (Å²) in [5.41, 5.74) is 3.89. The Morgan fingerprint density at radius 3 is 2.21 bits per heavy atom. The fourth-order valence-corrected chi connectivity index (χ4v) is 5.05. The topological polar surface area (TPSA) is 24.9 Å². The monoisotopic (exact) mass is 340 g/mol. The Balaban J connectivity index is 1.42. The number of anilines is 1. The Morgan fingerprint density at radius 1 is 0.833 bits per heavy atom. The Kier molecular flexibility index (Phi) is 5.17. The Hall–Kier alpha value is -1.35. The fourth-order valence-electron chi connectivity index (χ4n) is 4.26. The third kappa shape index (κ3) is 3.83. The highest BCUT2D eigenvalue weighted by molar-refractivity contribution is 7.14. The minimum absolute atomic E-state index is 0.631. The predicted octanol–water partition coefficient (Wildman–Crippen LogP) is 6.60. The van der Waals surface area contributed by atoms with E-state index >= 15 is 0 Å². The lowest BCUT2D eigenvalue weighted by atomic mass is 9.84. The Morgan fingerprint density at radius 2 is 1.50 bits per heavy atom. The molecule has 2 nitrogen and oxygen atoms in total. The van der Waals surface area contributed by atoms with Gasteiger partial charge in [-0.2, -0.15) is 0 Å². The summed E-state index contributed by atoms with van der Waals surface area (Å²) in [5.74, 6) is 0.784. The van der Waals surface area contributed by atoms with Crippen molar-refractivity contribution in [3.63, 3.8) is 0 Å². The van der Waals surface area contributed by atoms with Gasteiger partial charge in [-0.05, 0) is 37.2 Å². The molecule has 0 bridgehead atoms. The number of hydrogen-bond acceptors (Lipinski definition) is 3. The summed E-state index contributed by atoms with van der Waals surface area (Å²) >= 11 is 1.75. The predicted molar refractivity (Wildman–Crippen MR) is 104 cm³/mol. The fraction of sp³-hybridized carbons (Fsp3) is 0.571. The zero-order valence-corrected chi connectivity index (χ0v) is 15.3. The van der Waals surface area contributed by atoms with E-state index in [0.717, 1.165) is 16.7 Å². The average Bonchev–Trinajstić information content (AvgIpc) is 3.12. The van der Waals surface area contributed by atoms with Gasteiger partial charge in [0.25, 0.3) is 0 Å². The van der Waals surface area contributed by atoms with Crippen molar-refractivity contribution in [2.24, 2.45) is 0 Å². The molecule has 2 aromatic rings. The van der Waals surface area contributed by atoms with Crippen LogP contribution in [-0.2, 0) is 0 Å². The maximum absolute atomic E-state index is 4.82. The molecule has 0 aliphatic heterocycles. The van der Waals surface area contributed by atoms with Crippen LogP contribution in [0.1, 0.15) is 75.7 Å². The second kappa shape index (κ2) is 7.69. The van der Waals surface area contributed by atoms with Gasteiger partial charge in [0.15, 0.2) is 5.13 Å². The first-order chi connectivity index (χ1) is 11.9. The number of aromatic nitrogens is 1. The number of hydrogen-bond donors (Lipinski definition) is 1. The number of nitrogens with one attached hydrogen (secondary N) is 1. The van der Waals surface area contributed by atoms with Gasteiger partial charge in [0.05, 0.1) is 5.69 Å². The summed E-state index contributed by atoms with van der Waals surface area (Å²) in [7, 11) is 0. The first kappa shape index (κ1) is 16.1. The maximum atomic E-state index is 4.82. The van der Waals surface area contributed by atoms with E-state index in [1.54, 1.807) is 11.3 Å². The molecule has 2 saturated carbocycles. The van der Waals surface area contributed by atoms with Crippen molar-refractivity contribution in [3.05, 3.63) is 35.2 Å². The molecule has 2 fully saturated rings. The molecule has 1 aromatic heterocycles. The van der Waals surface area contributed by atoms with Crippen molar-refractivity contribution in [2.75, 3.05) is 5.32 Å². The molecule has 2 aliphatic rings. The number of benzene rings is 1. The Bertz CT molecular complexity index is 634. The molecular weight excluding hydrogens is 312 g/mol. The van der Waals surface area contributed by atoms with Crippen LogP contribution in [0.5, 0.6) is 0 Å². The van der Waals surface area contributed by atoms with Gasteiger partial charge in [-0.3, -0.25) is 0 Å². The van der Waals surface area contributed by atoms with Gasteiger partial charge in [0.2, 0.25) is 0 Å². The van der Waals surface area contributed by atoms with Crippen LogP contribution >= 0.6 is 11.3 Å². The molecule has 1 N–H and O–H groups in total. The lowest BCUT2D eigenvalue weighted by Crippen LogP contribution is -2.21. The molecular formula is C21H28N2S. The van der Waals surface area contributed by atoms with Gasteiger partial charge in [0, 0.05) is 17.0 Å². The van der Waals surface area contributed by atoms with Crippen LogP contribution in [0.2, 0.25) is 0 Å². The van der Waals surface area contributed by atoms with E-state index in [-0.39, 0.29) is 0 Å². The number of rotatable bonds is 4. The van der Waals surface area contributed by atoms with Crippen molar-refractivity contribution in [1.82, 2.24) is 4.98 Å². The molecule has 0 amide bonds. The molecule has 0 saturated heterocycles. The molecule has 0 radical (unpaired) electrons. The first-order valence-corrected chi connectivity index (χ1v) is 10.6. The van der Waals surface area contributed by atoms with Gasteiger partial charge in [-0.1, -0.05) is 62.8 Å². The maximum Gasteiger partial charge on any atom is 0.183 e. The van der Waals surface area contributed by atoms with Crippen LogP contribution < -0.4 is 5.32 Å². The summed E-state index contributed by atoms with van der Waals surface area (Å²) in [6, 6.07) is 9.83. The van der Waals surface area contributed by atoms with E-state index in [0.29, 0.717) is 6.04 Å². The zero-order chi connectivity index (χ0) is 16.2. The largest absolute Gasteiger partial charge is 0.359 e. The second-order valence-electron chi connectivity index (χ2n) is 7.47. The lowest BCUT2D eigenvalue weighted by Gasteiger charge is -2.22. The van der Waals surface area contributed by atoms with E-state index in [1.165, 1.54) is 75.3 Å². The van der Waals surface area contributed by atoms with Crippen LogP contribution in [0.15, 0.2) is 29.6 Å². The molecule has 0 spiro atoms. The van der Waals surface area contributed by atoms with Crippen LogP contribution in [0.4, 0.5) is 5.13 Å². The lowest BCUT2D eigenvalue weighted by molar-refractivity contribution is 0.443. The van der Waals surface area contributed by atoms with E-state index in [2.05, 4.69) is 35.0 Å². The number of thiazole rings is 1. The quantitative estimate of drug-likeness (QED) is 0.678. The third-order valence-corrected chi connectivity index (χ3v) is 6.49. The highest BCUT2D eigenvalue weighted by Gasteiger charge is 2.16. The van der Waals surface area contributed by atoms with Gasteiger partial charge >= 0.3 is 0 Å². The molecule has 3 heteroatoms. The van der Waals surface area contributed by atoms with E-state index in [4.69, 9.17) is 4.98 Å². The highest BCUT2D eigenvalue weighted by atomic mass is 32.1. The van der Waals surface area contributed by atoms with E-state index in [1.807, 2.05) is 0 Å². The zero-order valence-electron chi connectivity index (χ0n) is 14.5. The normalized spacial score (nSPS) is 20.2. The van der Waals surface area contributed by atoms with Crippen molar-refractivity contribution >= 4 is 16.5 Å². The number of nitrogens with zero attached hydrogens (tertiary/aromatic N) is 1. The smallest absolute Gasteiger partial charge is 0.183 e. The minimum Gasteiger partial charge on any atom is -0.359 e. The third-order valence-electron chi connectivity index (χ3n) is 5.72. The summed E-state index contributed by atoms with van der Waals surface area (Å²) in [6.45, 7) is 0. The standard InChI is InChI=1S/C21H28N2S/c1-3-7-16(8-4-1)17-11-13-18(14-12-17)20-15-24-21(23-20)22-19-9-5-2-6-10-19/h11-16,19H,1-10H2,(H,22,23). The van der Waals surface area contributed by atoms with Crippen LogP contribution in [-0.4, -0.2) is 11.0 Å². The molecule has 24 heavy (non-hydrogen) atoms. The minimum atomic E-state index is 0.631. The van der Waals surface area contributed by atoms with Crippen LogP contribution in [0.25, 0.3) is 11.3 Å². The highest BCUT2D eigenvalue weighted by Crippen LogP contribution is 2.34. The molecule has 2 aliphatic carbocycles. The van der Waals surface area contributed by atoms with Gasteiger partial charge < -0.3 is 5.32 Å². The van der Waals surface area contributed by atoms with Crippen molar-refractivity contribution in [3.8, 4) is 11.3 Å². The molecule has 1 heterocycles. The summed E-state index contributed by atoms with van der Waals surface area (Å²) in [6.07, 6.45) is 13.7. The SMILES string of the molecule is c1cc(C2CCCCC2)ccc1-c1csc(NC2CCCCC2)n1. The van der Waals surface area contributed by atoms with Crippen molar-refractivity contribution < 1.29 is 0 Å². The van der Waals surface area contributed by atoms with Crippen LogP contribution in [0.3, 0.4) is 0 Å². The summed E-state index contributed by atoms with van der Waals surface area (Å²) < 4.78 is 0. The Labute approximate surface area is 149 Å². The molecule has 4 rings (SSSR count). The summed E-state index contributed by atoms with van der Waals surface area (Å²) in [5, 5.41) is 6.93. The second-order valence-corrected chi connectivity index (χ2v) is 8.33. The van der Waals surface area contributed by atoms with Crippen LogP contribution in [0, 0.1) is 0 Å². The molecule has 128 valence electrons. The van der Waals surface area contributed by atoms with E-state index in [9.17, 15) is 0 Å². The molecule has 0 unspecified atom stereocenters.